The molecular weight excluding hydrogens is 412 g/mol. The molecule has 2 rings (SSSR count). The SMILES string of the molecule is CCCCC(=O)Nc1cccc(SC(C)C(=O)Nc2ccc(Br)cc2)c1. The standard InChI is InChI=1S/C20H23BrN2O2S/c1-3-4-8-19(24)22-17-6-5-7-18(13-17)26-14(2)20(25)23-16-11-9-15(21)10-12-16/h5-7,9-14H,3-4,8H2,1-2H3,(H,22,24)(H,23,25). The fraction of sp³-hybridized carbons (Fsp3) is 0.300. The topological polar surface area (TPSA) is 58.2 Å². The molecule has 1 unspecified atom stereocenters. The van der Waals surface area contributed by atoms with Crippen molar-refractivity contribution >= 4 is 50.9 Å². The summed E-state index contributed by atoms with van der Waals surface area (Å²) in [5.41, 5.74) is 1.53. The number of carbonyl (C=O) groups excluding carboxylic acids is 2. The van der Waals surface area contributed by atoms with Gasteiger partial charge in [0.25, 0.3) is 0 Å². The van der Waals surface area contributed by atoms with Crippen molar-refractivity contribution in [2.45, 2.75) is 43.3 Å². The Bertz CT molecular complexity index is 750. The molecule has 0 bridgehead atoms. The van der Waals surface area contributed by atoms with Gasteiger partial charge in [-0.2, -0.15) is 0 Å². The van der Waals surface area contributed by atoms with Crippen LogP contribution in [0.5, 0.6) is 0 Å². The second kappa shape index (κ2) is 10.4. The summed E-state index contributed by atoms with van der Waals surface area (Å²) in [4.78, 5) is 25.2. The van der Waals surface area contributed by atoms with E-state index < -0.39 is 0 Å². The lowest BCUT2D eigenvalue weighted by atomic mass is 10.2. The van der Waals surface area contributed by atoms with Crippen LogP contribution in [-0.4, -0.2) is 17.1 Å². The van der Waals surface area contributed by atoms with Gasteiger partial charge in [0.05, 0.1) is 5.25 Å². The average Bonchev–Trinajstić information content (AvgIpc) is 2.62. The van der Waals surface area contributed by atoms with Crippen LogP contribution in [0.3, 0.4) is 0 Å². The van der Waals surface area contributed by atoms with Crippen LogP contribution in [0.4, 0.5) is 11.4 Å². The number of amides is 2. The Morgan fingerprint density at radius 1 is 1.08 bits per heavy atom. The van der Waals surface area contributed by atoms with Gasteiger partial charge in [0.15, 0.2) is 0 Å². The highest BCUT2D eigenvalue weighted by Gasteiger charge is 2.15. The first-order valence-corrected chi connectivity index (χ1v) is 10.3. The van der Waals surface area contributed by atoms with Gasteiger partial charge in [-0.05, 0) is 55.8 Å². The van der Waals surface area contributed by atoms with Crippen molar-refractivity contribution in [3.63, 3.8) is 0 Å². The summed E-state index contributed by atoms with van der Waals surface area (Å²) in [7, 11) is 0. The number of carbonyl (C=O) groups is 2. The maximum Gasteiger partial charge on any atom is 0.237 e. The summed E-state index contributed by atoms with van der Waals surface area (Å²) in [5, 5.41) is 5.56. The van der Waals surface area contributed by atoms with Gasteiger partial charge >= 0.3 is 0 Å². The summed E-state index contributed by atoms with van der Waals surface area (Å²) in [5.74, 6) is -0.0373. The number of benzene rings is 2. The van der Waals surface area contributed by atoms with Crippen molar-refractivity contribution in [1.29, 1.82) is 0 Å². The summed E-state index contributed by atoms with van der Waals surface area (Å²) in [6.45, 7) is 3.93. The number of hydrogen-bond donors (Lipinski definition) is 2. The van der Waals surface area contributed by atoms with Gasteiger partial charge in [-0.25, -0.2) is 0 Å². The Kier molecular flexibility index (Phi) is 8.19. The third-order valence-corrected chi connectivity index (χ3v) is 5.29. The van der Waals surface area contributed by atoms with Gasteiger partial charge in [-0.15, -0.1) is 11.8 Å². The van der Waals surface area contributed by atoms with E-state index in [0.717, 1.165) is 33.6 Å². The zero-order chi connectivity index (χ0) is 18.9. The van der Waals surface area contributed by atoms with Crippen LogP contribution in [0.25, 0.3) is 0 Å². The first-order valence-electron chi connectivity index (χ1n) is 8.61. The summed E-state index contributed by atoms with van der Waals surface area (Å²) in [6, 6.07) is 15.1. The lowest BCUT2D eigenvalue weighted by molar-refractivity contribution is -0.116. The molecular formula is C20H23BrN2O2S. The molecule has 2 amide bonds. The molecule has 0 aliphatic carbocycles. The number of halogens is 1. The Labute approximate surface area is 167 Å². The summed E-state index contributed by atoms with van der Waals surface area (Å²) < 4.78 is 0.968. The predicted molar refractivity (Wildman–Crippen MR) is 113 cm³/mol. The van der Waals surface area contributed by atoms with E-state index in [1.165, 1.54) is 11.8 Å². The quantitative estimate of drug-likeness (QED) is 0.523. The van der Waals surface area contributed by atoms with Gasteiger partial charge in [0.1, 0.15) is 0 Å². The Morgan fingerprint density at radius 3 is 2.50 bits per heavy atom. The molecule has 2 aromatic carbocycles. The third kappa shape index (κ3) is 6.84. The van der Waals surface area contributed by atoms with Crippen LogP contribution >= 0.6 is 27.7 Å². The molecule has 26 heavy (non-hydrogen) atoms. The highest BCUT2D eigenvalue weighted by Crippen LogP contribution is 2.27. The maximum absolute atomic E-state index is 12.4. The molecule has 1 atom stereocenters. The molecule has 0 aromatic heterocycles. The van der Waals surface area contributed by atoms with Crippen LogP contribution in [0.15, 0.2) is 57.9 Å². The molecule has 4 nitrogen and oxygen atoms in total. The number of hydrogen-bond acceptors (Lipinski definition) is 3. The lowest BCUT2D eigenvalue weighted by Crippen LogP contribution is -2.22. The van der Waals surface area contributed by atoms with E-state index in [0.29, 0.717) is 6.42 Å². The van der Waals surface area contributed by atoms with E-state index >= 15 is 0 Å². The van der Waals surface area contributed by atoms with Crippen LogP contribution < -0.4 is 10.6 Å². The Hall–Kier alpha value is -1.79. The normalized spacial score (nSPS) is 11.7. The molecule has 0 radical (unpaired) electrons. The largest absolute Gasteiger partial charge is 0.326 e. The molecule has 6 heteroatoms. The van der Waals surface area contributed by atoms with Gasteiger partial charge in [0.2, 0.25) is 11.8 Å². The lowest BCUT2D eigenvalue weighted by Gasteiger charge is -2.13. The van der Waals surface area contributed by atoms with Crippen molar-refractivity contribution < 1.29 is 9.59 Å². The molecule has 0 spiro atoms. The monoisotopic (exact) mass is 434 g/mol. The minimum Gasteiger partial charge on any atom is -0.326 e. The first-order chi connectivity index (χ1) is 12.5. The fourth-order valence-electron chi connectivity index (χ4n) is 2.24. The fourth-order valence-corrected chi connectivity index (χ4v) is 3.43. The van der Waals surface area contributed by atoms with E-state index in [1.807, 2.05) is 55.5 Å². The third-order valence-electron chi connectivity index (χ3n) is 3.67. The zero-order valence-corrected chi connectivity index (χ0v) is 17.3. The highest BCUT2D eigenvalue weighted by molar-refractivity contribution is 9.10. The van der Waals surface area contributed by atoms with Crippen molar-refractivity contribution in [2.75, 3.05) is 10.6 Å². The smallest absolute Gasteiger partial charge is 0.237 e. The number of nitrogens with one attached hydrogen (secondary N) is 2. The number of anilines is 2. The molecule has 2 N–H and O–H groups in total. The Morgan fingerprint density at radius 2 is 1.81 bits per heavy atom. The van der Waals surface area contributed by atoms with Crippen LogP contribution in [0.1, 0.15) is 33.1 Å². The molecule has 0 heterocycles. The van der Waals surface area contributed by atoms with E-state index in [-0.39, 0.29) is 17.1 Å². The molecule has 0 fully saturated rings. The molecule has 0 saturated heterocycles. The van der Waals surface area contributed by atoms with E-state index in [1.54, 1.807) is 0 Å². The van der Waals surface area contributed by atoms with Crippen molar-refractivity contribution in [2.24, 2.45) is 0 Å². The number of rotatable bonds is 8. The van der Waals surface area contributed by atoms with Crippen molar-refractivity contribution in [3.05, 3.63) is 53.0 Å². The van der Waals surface area contributed by atoms with Gasteiger partial charge in [-0.3, -0.25) is 9.59 Å². The molecule has 2 aromatic rings. The average molecular weight is 435 g/mol. The molecule has 0 saturated carbocycles. The minimum absolute atomic E-state index is 0.0232. The van der Waals surface area contributed by atoms with Gasteiger partial charge < -0.3 is 10.6 Å². The number of thioether (sulfide) groups is 1. The molecule has 0 aliphatic rings. The molecule has 0 aliphatic heterocycles. The van der Waals surface area contributed by atoms with Gasteiger partial charge in [-0.1, -0.05) is 35.3 Å². The van der Waals surface area contributed by atoms with Crippen LogP contribution in [0, 0.1) is 0 Å². The predicted octanol–water partition coefficient (Wildman–Crippen LogP) is 5.70. The first kappa shape index (κ1) is 20.5. The maximum atomic E-state index is 12.4. The number of unbranched alkanes of at least 4 members (excludes halogenated alkanes) is 1. The van der Waals surface area contributed by atoms with E-state index in [2.05, 4.69) is 33.5 Å². The summed E-state index contributed by atoms with van der Waals surface area (Å²) in [6.07, 6.45) is 2.40. The van der Waals surface area contributed by atoms with E-state index in [4.69, 9.17) is 0 Å². The van der Waals surface area contributed by atoms with Crippen molar-refractivity contribution in [1.82, 2.24) is 0 Å². The van der Waals surface area contributed by atoms with Crippen LogP contribution in [-0.2, 0) is 9.59 Å². The van der Waals surface area contributed by atoms with Gasteiger partial charge in [0, 0.05) is 27.2 Å². The molecule has 138 valence electrons. The minimum atomic E-state index is -0.260. The second-order valence-corrected chi connectivity index (χ2v) is 8.27. The summed E-state index contributed by atoms with van der Waals surface area (Å²) >= 11 is 4.84. The highest BCUT2D eigenvalue weighted by atomic mass is 79.9. The van der Waals surface area contributed by atoms with Crippen LogP contribution in [0.2, 0.25) is 0 Å². The zero-order valence-electron chi connectivity index (χ0n) is 14.9. The van der Waals surface area contributed by atoms with Crippen molar-refractivity contribution in [3.8, 4) is 0 Å². The Balaban J connectivity index is 1.92. The second-order valence-electron chi connectivity index (χ2n) is 5.94. The van der Waals surface area contributed by atoms with E-state index in [9.17, 15) is 9.59 Å².